The second-order valence-corrected chi connectivity index (χ2v) is 9.30. The number of hydrogen-bond donors (Lipinski definition) is 1. The molecule has 23 heavy (non-hydrogen) atoms. The van der Waals surface area contributed by atoms with E-state index in [1.807, 2.05) is 0 Å². The summed E-state index contributed by atoms with van der Waals surface area (Å²) in [6.07, 6.45) is 14.6. The summed E-state index contributed by atoms with van der Waals surface area (Å²) in [6.45, 7) is 1.32. The van der Waals surface area contributed by atoms with Crippen LogP contribution in [-0.4, -0.2) is 48.0 Å². The van der Waals surface area contributed by atoms with Gasteiger partial charge in [-0.05, 0) is 76.2 Å². The van der Waals surface area contributed by atoms with Crippen molar-refractivity contribution in [3.8, 4) is 0 Å². The van der Waals surface area contributed by atoms with Crippen LogP contribution in [0.5, 0.6) is 0 Å². The van der Waals surface area contributed by atoms with Crippen LogP contribution in [0.25, 0.3) is 0 Å². The highest BCUT2D eigenvalue weighted by molar-refractivity contribution is 5.03. The number of likely N-dealkylation sites (N-methyl/N-ethyl adjacent to an activating group) is 1. The van der Waals surface area contributed by atoms with Crippen molar-refractivity contribution in [2.75, 3.05) is 20.2 Å². The summed E-state index contributed by atoms with van der Waals surface area (Å²) in [5.41, 5.74) is 0.138. The number of aliphatic hydroxyl groups excluding tert-OH is 1. The normalized spacial score (nSPS) is 41.6. The quantitative estimate of drug-likeness (QED) is 0.811. The molecule has 3 heteroatoms. The van der Waals surface area contributed by atoms with Crippen molar-refractivity contribution < 1.29 is 9.84 Å². The summed E-state index contributed by atoms with van der Waals surface area (Å²) in [6, 6.07) is 0.679. The summed E-state index contributed by atoms with van der Waals surface area (Å²) in [5.74, 6) is 2.76. The van der Waals surface area contributed by atoms with E-state index in [0.717, 1.165) is 24.3 Å². The first-order valence-electron chi connectivity index (χ1n) is 10.1. The molecule has 0 aromatic rings. The van der Waals surface area contributed by atoms with Crippen LogP contribution in [0.2, 0.25) is 0 Å². The standard InChI is InChI=1S/C20H35NO2/c1-21(18-5-3-2-4-6-18)13-19(22)14-23-20-10-15-7-16(11-20)9-17(8-15)12-20/h15-19,22H,2-14H2,1H3/t15?,16?,17?,19-,20?/m1/s1. The SMILES string of the molecule is CN(C[C@@H](O)COC12CC3CC(CC(C3)C1)C2)C1CCCCC1. The highest BCUT2D eigenvalue weighted by Gasteiger charge is 2.51. The van der Waals surface area contributed by atoms with E-state index in [-0.39, 0.29) is 11.7 Å². The van der Waals surface area contributed by atoms with Gasteiger partial charge in [0.2, 0.25) is 0 Å². The van der Waals surface area contributed by atoms with E-state index in [9.17, 15) is 5.11 Å². The first-order chi connectivity index (χ1) is 11.1. The van der Waals surface area contributed by atoms with Crippen LogP contribution in [0, 0.1) is 17.8 Å². The molecule has 0 aliphatic heterocycles. The van der Waals surface area contributed by atoms with Gasteiger partial charge in [0.1, 0.15) is 0 Å². The molecule has 132 valence electrons. The van der Waals surface area contributed by atoms with E-state index in [1.54, 1.807) is 0 Å². The molecule has 5 aliphatic carbocycles. The Labute approximate surface area is 141 Å². The summed E-state index contributed by atoms with van der Waals surface area (Å²) < 4.78 is 6.42. The van der Waals surface area contributed by atoms with E-state index < -0.39 is 0 Å². The topological polar surface area (TPSA) is 32.7 Å². The average Bonchev–Trinajstić information content (AvgIpc) is 2.53. The maximum Gasteiger partial charge on any atom is 0.0900 e. The van der Waals surface area contributed by atoms with Gasteiger partial charge < -0.3 is 14.7 Å². The Kier molecular flexibility index (Phi) is 4.73. The van der Waals surface area contributed by atoms with Crippen molar-refractivity contribution >= 4 is 0 Å². The first kappa shape index (κ1) is 16.4. The van der Waals surface area contributed by atoms with Crippen molar-refractivity contribution in [3.63, 3.8) is 0 Å². The van der Waals surface area contributed by atoms with Crippen molar-refractivity contribution in [3.05, 3.63) is 0 Å². The molecule has 1 N–H and O–H groups in total. The molecule has 0 aromatic heterocycles. The molecule has 5 aliphatic rings. The van der Waals surface area contributed by atoms with Gasteiger partial charge in [-0.2, -0.15) is 0 Å². The molecule has 5 saturated carbocycles. The molecule has 0 saturated heterocycles. The van der Waals surface area contributed by atoms with E-state index in [1.165, 1.54) is 70.6 Å². The van der Waals surface area contributed by atoms with Gasteiger partial charge in [0.05, 0.1) is 18.3 Å². The molecule has 1 atom stereocenters. The monoisotopic (exact) mass is 321 g/mol. The Balaban J connectivity index is 1.25. The smallest absolute Gasteiger partial charge is 0.0900 e. The van der Waals surface area contributed by atoms with Gasteiger partial charge in [0, 0.05) is 12.6 Å². The van der Waals surface area contributed by atoms with Gasteiger partial charge in [0.25, 0.3) is 0 Å². The Morgan fingerprint density at radius 1 is 1.00 bits per heavy atom. The molecule has 0 aromatic carbocycles. The zero-order chi connectivity index (χ0) is 15.9. The Hall–Kier alpha value is -0.120. The van der Waals surface area contributed by atoms with Gasteiger partial charge in [-0.3, -0.25) is 0 Å². The molecule has 4 bridgehead atoms. The lowest BCUT2D eigenvalue weighted by Crippen LogP contribution is -2.53. The number of nitrogens with zero attached hydrogens (tertiary/aromatic N) is 1. The lowest BCUT2D eigenvalue weighted by molar-refractivity contribution is -0.176. The van der Waals surface area contributed by atoms with Crippen LogP contribution in [0.3, 0.4) is 0 Å². The fourth-order valence-electron chi connectivity index (χ4n) is 6.54. The molecule has 5 fully saturated rings. The molecule has 0 heterocycles. The lowest BCUT2D eigenvalue weighted by atomic mass is 9.54. The van der Waals surface area contributed by atoms with E-state index in [4.69, 9.17) is 4.74 Å². The summed E-state index contributed by atoms with van der Waals surface area (Å²) in [5, 5.41) is 10.5. The fourth-order valence-corrected chi connectivity index (χ4v) is 6.54. The highest BCUT2D eigenvalue weighted by atomic mass is 16.5. The minimum Gasteiger partial charge on any atom is -0.389 e. The van der Waals surface area contributed by atoms with Crippen LogP contribution >= 0.6 is 0 Å². The first-order valence-corrected chi connectivity index (χ1v) is 10.1. The fraction of sp³-hybridized carbons (Fsp3) is 1.00. The second kappa shape index (κ2) is 6.65. The van der Waals surface area contributed by atoms with Crippen molar-refractivity contribution in [2.45, 2.75) is 88.4 Å². The number of hydrogen-bond acceptors (Lipinski definition) is 3. The molecule has 0 unspecified atom stereocenters. The molecular formula is C20H35NO2. The minimum atomic E-state index is -0.324. The van der Waals surface area contributed by atoms with Crippen LogP contribution in [0.1, 0.15) is 70.6 Å². The summed E-state index contributed by atoms with van der Waals surface area (Å²) in [7, 11) is 2.18. The maximum atomic E-state index is 10.5. The predicted molar refractivity (Wildman–Crippen MR) is 92.4 cm³/mol. The maximum absolute atomic E-state index is 10.5. The molecule has 3 nitrogen and oxygen atoms in total. The lowest BCUT2D eigenvalue weighted by Gasteiger charge is -2.56. The zero-order valence-electron chi connectivity index (χ0n) is 14.9. The average molecular weight is 322 g/mol. The summed E-state index contributed by atoms with van der Waals surface area (Å²) in [4.78, 5) is 2.38. The van der Waals surface area contributed by atoms with Crippen LogP contribution in [-0.2, 0) is 4.74 Å². The van der Waals surface area contributed by atoms with Crippen molar-refractivity contribution in [1.82, 2.24) is 4.90 Å². The highest BCUT2D eigenvalue weighted by Crippen LogP contribution is 2.57. The van der Waals surface area contributed by atoms with Crippen LogP contribution in [0.15, 0.2) is 0 Å². The third-order valence-electron chi connectivity index (χ3n) is 7.26. The van der Waals surface area contributed by atoms with Gasteiger partial charge in [-0.15, -0.1) is 0 Å². The molecule has 0 amide bonds. The molecule has 0 spiro atoms. The van der Waals surface area contributed by atoms with Gasteiger partial charge in [-0.1, -0.05) is 19.3 Å². The Bertz CT molecular complexity index is 369. The van der Waals surface area contributed by atoms with E-state index >= 15 is 0 Å². The zero-order valence-corrected chi connectivity index (χ0v) is 14.9. The Morgan fingerprint density at radius 3 is 2.13 bits per heavy atom. The van der Waals surface area contributed by atoms with Crippen molar-refractivity contribution in [1.29, 1.82) is 0 Å². The van der Waals surface area contributed by atoms with Crippen LogP contribution < -0.4 is 0 Å². The van der Waals surface area contributed by atoms with E-state index in [0.29, 0.717) is 12.6 Å². The number of aliphatic hydroxyl groups is 1. The largest absolute Gasteiger partial charge is 0.389 e. The van der Waals surface area contributed by atoms with E-state index in [2.05, 4.69) is 11.9 Å². The van der Waals surface area contributed by atoms with Crippen LogP contribution in [0.4, 0.5) is 0 Å². The third kappa shape index (κ3) is 3.62. The molecule has 0 radical (unpaired) electrons. The molecular weight excluding hydrogens is 286 g/mol. The molecule has 5 rings (SSSR count). The van der Waals surface area contributed by atoms with Gasteiger partial charge in [-0.25, -0.2) is 0 Å². The third-order valence-corrected chi connectivity index (χ3v) is 7.26. The van der Waals surface area contributed by atoms with Gasteiger partial charge in [0.15, 0.2) is 0 Å². The van der Waals surface area contributed by atoms with Crippen molar-refractivity contribution in [2.24, 2.45) is 17.8 Å². The Morgan fingerprint density at radius 2 is 1.57 bits per heavy atom. The number of ether oxygens (including phenoxy) is 1. The second-order valence-electron chi connectivity index (χ2n) is 9.30. The number of rotatable bonds is 6. The summed E-state index contributed by atoms with van der Waals surface area (Å²) >= 11 is 0. The minimum absolute atomic E-state index is 0.138. The predicted octanol–water partition coefficient (Wildman–Crippen LogP) is 3.60. The van der Waals surface area contributed by atoms with Gasteiger partial charge >= 0.3 is 0 Å².